The lowest BCUT2D eigenvalue weighted by Crippen LogP contribution is -2.45. The number of carbonyl (C=O) groups excluding carboxylic acids is 1. The fraction of sp³-hybridized carbons (Fsp3) is 0.611. The molecule has 2 aliphatic heterocycles. The molecule has 48 heavy (non-hydrogen) atoms. The first kappa shape index (κ1) is 32.0. The topological polar surface area (TPSA) is 119 Å². The maximum Gasteiger partial charge on any atom is 0.281 e. The van der Waals surface area contributed by atoms with Crippen molar-refractivity contribution in [3.05, 3.63) is 47.8 Å². The summed E-state index contributed by atoms with van der Waals surface area (Å²) in [6.07, 6.45) is 13.2. The normalized spacial score (nSPS) is 24.8. The zero-order valence-corrected chi connectivity index (χ0v) is 30.7. The number of amides is 1. The standard InChI is InChI=1S/C36H48N6O4SSi/c1-34(2)22-24-9-6-7-10-25-11-8-12-30(37-25)47(44,45)40-33(43)26-21-27(48(3,4)5)32(38-31(26)41(34)23-24)42-19-13-29(39-42)46-20-14-28-35(15-16-35)36(28)17-18-36/h8,11-13,19,21,24,28H,6-7,9-10,14-18,20,22-23H2,1-5H3,(H,40,43)/t24-/m0/s1. The molecule has 4 bridgehead atoms. The van der Waals surface area contributed by atoms with Gasteiger partial charge in [-0.2, -0.15) is 8.42 Å². The highest BCUT2D eigenvalue weighted by molar-refractivity contribution is 7.90. The van der Waals surface area contributed by atoms with Crippen molar-refractivity contribution in [2.75, 3.05) is 18.1 Å². The summed E-state index contributed by atoms with van der Waals surface area (Å²) in [5.74, 6) is 2.27. The summed E-state index contributed by atoms with van der Waals surface area (Å²) in [5, 5.41) is 5.62. The molecule has 1 amide bonds. The second-order valence-corrected chi connectivity index (χ2v) is 23.4. The molecule has 4 fully saturated rings. The van der Waals surface area contributed by atoms with Gasteiger partial charge in [0.2, 0.25) is 5.88 Å². The summed E-state index contributed by atoms with van der Waals surface area (Å²) >= 11 is 0. The molecular formula is C36H48N6O4SSi. The SMILES string of the molecule is CC1(C)C[C@@H]2CCCCc3cccc(n3)S(=O)(=O)NC(=O)c3cc([Si](C)(C)C)c(-n4ccc(OCCC5C6(CC6)C56CC6)n4)nc3N1C2. The van der Waals surface area contributed by atoms with Gasteiger partial charge in [0, 0.05) is 30.0 Å². The molecule has 3 aromatic rings. The number of carbonyl (C=O) groups is 1. The summed E-state index contributed by atoms with van der Waals surface area (Å²) in [5.41, 5.74) is 2.01. The highest BCUT2D eigenvalue weighted by atomic mass is 32.2. The van der Waals surface area contributed by atoms with Gasteiger partial charge in [-0.3, -0.25) is 4.79 Å². The highest BCUT2D eigenvalue weighted by Gasteiger charge is 2.85. The maximum atomic E-state index is 14.1. The average Bonchev–Trinajstić information content (AvgIpc) is 3.97. The first-order valence-corrected chi connectivity index (χ1v) is 22.8. The average molecular weight is 689 g/mol. The van der Waals surface area contributed by atoms with Crippen molar-refractivity contribution in [3.63, 3.8) is 0 Å². The minimum absolute atomic E-state index is 0.146. The van der Waals surface area contributed by atoms with Crippen LogP contribution in [0.3, 0.4) is 0 Å². The van der Waals surface area contributed by atoms with Crippen LogP contribution in [-0.2, 0) is 16.4 Å². The van der Waals surface area contributed by atoms with E-state index in [2.05, 4.69) is 48.1 Å². The van der Waals surface area contributed by atoms with Crippen LogP contribution in [0.5, 0.6) is 5.88 Å². The lowest BCUT2D eigenvalue weighted by atomic mass is 9.92. The molecule has 5 heterocycles. The Morgan fingerprint density at radius 3 is 2.48 bits per heavy atom. The van der Waals surface area contributed by atoms with Crippen LogP contribution in [0.4, 0.5) is 5.82 Å². The van der Waals surface area contributed by atoms with E-state index in [1.807, 2.05) is 24.4 Å². The quantitative estimate of drug-likeness (QED) is 0.332. The number of hydrogen-bond donors (Lipinski definition) is 1. The van der Waals surface area contributed by atoms with Crippen LogP contribution >= 0.6 is 0 Å². The Balaban J connectivity index is 1.16. The van der Waals surface area contributed by atoms with Crippen LogP contribution in [0.25, 0.3) is 5.82 Å². The molecule has 0 radical (unpaired) electrons. The van der Waals surface area contributed by atoms with E-state index in [0.717, 1.165) is 55.4 Å². The largest absolute Gasteiger partial charge is 0.477 e. The van der Waals surface area contributed by atoms with Crippen molar-refractivity contribution in [1.29, 1.82) is 0 Å². The van der Waals surface area contributed by atoms with Gasteiger partial charge in [-0.1, -0.05) is 32.1 Å². The first-order valence-electron chi connectivity index (χ1n) is 17.8. The van der Waals surface area contributed by atoms with Crippen molar-refractivity contribution in [3.8, 4) is 11.7 Å². The Hall–Kier alpha value is -3.25. The lowest BCUT2D eigenvalue weighted by Gasteiger charge is -2.35. The third kappa shape index (κ3) is 5.37. The van der Waals surface area contributed by atoms with Crippen LogP contribution < -0.4 is 19.5 Å². The Labute approximate surface area is 285 Å². The molecule has 10 nitrogen and oxygen atoms in total. The number of hydrogen-bond acceptors (Lipinski definition) is 8. The predicted molar refractivity (Wildman–Crippen MR) is 187 cm³/mol. The van der Waals surface area contributed by atoms with Gasteiger partial charge >= 0.3 is 0 Å². The lowest BCUT2D eigenvalue weighted by molar-refractivity contribution is 0.0981. The summed E-state index contributed by atoms with van der Waals surface area (Å²) in [6, 6.07) is 8.76. The van der Waals surface area contributed by atoms with Crippen molar-refractivity contribution < 1.29 is 17.9 Å². The highest BCUT2D eigenvalue weighted by Crippen LogP contribution is 2.93. The van der Waals surface area contributed by atoms with Crippen LogP contribution in [0.2, 0.25) is 19.6 Å². The third-order valence-corrected chi connectivity index (χ3v) is 15.3. The van der Waals surface area contributed by atoms with Gasteiger partial charge < -0.3 is 9.64 Å². The number of rotatable bonds is 6. The molecule has 0 unspecified atom stereocenters. The molecular weight excluding hydrogens is 641 g/mol. The van der Waals surface area contributed by atoms with Crippen molar-refractivity contribution in [2.45, 2.75) is 108 Å². The van der Waals surface area contributed by atoms with E-state index in [1.165, 1.54) is 31.7 Å². The maximum absolute atomic E-state index is 14.1. The summed E-state index contributed by atoms with van der Waals surface area (Å²) < 4.78 is 37.4. The second-order valence-electron chi connectivity index (χ2n) is 16.7. The number of fused-ring (bicyclic) bond motifs is 7. The zero-order chi connectivity index (χ0) is 33.7. The number of nitrogens with zero attached hydrogens (tertiary/aromatic N) is 5. The molecule has 12 heteroatoms. The Morgan fingerprint density at radius 1 is 1.02 bits per heavy atom. The number of anilines is 1. The molecule has 3 aliphatic carbocycles. The predicted octanol–water partition coefficient (Wildman–Crippen LogP) is 5.62. The minimum Gasteiger partial charge on any atom is -0.477 e. The summed E-state index contributed by atoms with van der Waals surface area (Å²) in [4.78, 5) is 26.0. The van der Waals surface area contributed by atoms with E-state index < -0.39 is 24.0 Å². The number of ether oxygens (including phenoxy) is 1. The molecule has 2 spiro atoms. The Bertz CT molecular complexity index is 1870. The number of sulfonamides is 1. The Kier molecular flexibility index (Phi) is 7.24. The summed E-state index contributed by atoms with van der Waals surface area (Å²) in [7, 11) is -6.37. The number of aryl methyl sites for hydroxylation is 1. The van der Waals surface area contributed by atoms with Gasteiger partial charge in [-0.05, 0) is 118 Å². The molecule has 8 rings (SSSR count). The minimum atomic E-state index is -4.22. The van der Waals surface area contributed by atoms with Gasteiger partial charge in [-0.15, -0.1) is 5.10 Å². The van der Waals surface area contributed by atoms with Crippen molar-refractivity contribution in [1.82, 2.24) is 24.5 Å². The number of pyridine rings is 2. The number of nitrogens with one attached hydrogen (secondary N) is 1. The van der Waals surface area contributed by atoms with Crippen LogP contribution in [-0.4, -0.2) is 60.8 Å². The van der Waals surface area contributed by atoms with E-state index >= 15 is 0 Å². The first-order chi connectivity index (χ1) is 22.7. The van der Waals surface area contributed by atoms with Gasteiger partial charge in [0.1, 0.15) is 5.82 Å². The smallest absolute Gasteiger partial charge is 0.281 e. The van der Waals surface area contributed by atoms with E-state index in [0.29, 0.717) is 47.3 Å². The molecule has 0 aromatic carbocycles. The fourth-order valence-electron chi connectivity index (χ4n) is 9.40. The molecule has 1 N–H and O–H groups in total. The van der Waals surface area contributed by atoms with E-state index in [1.54, 1.807) is 10.7 Å². The molecule has 5 aliphatic rings. The molecule has 1 saturated heterocycles. The molecule has 256 valence electrons. The van der Waals surface area contributed by atoms with E-state index in [9.17, 15) is 13.2 Å². The van der Waals surface area contributed by atoms with E-state index in [4.69, 9.17) is 14.8 Å². The van der Waals surface area contributed by atoms with Gasteiger partial charge in [0.05, 0.1) is 20.2 Å². The van der Waals surface area contributed by atoms with Gasteiger partial charge in [0.25, 0.3) is 15.9 Å². The number of aromatic nitrogens is 4. The van der Waals surface area contributed by atoms with Crippen LogP contribution in [0, 0.1) is 22.7 Å². The molecule has 3 aromatic heterocycles. The second kappa shape index (κ2) is 10.9. The van der Waals surface area contributed by atoms with Gasteiger partial charge in [0.15, 0.2) is 10.8 Å². The fourth-order valence-corrected chi connectivity index (χ4v) is 11.8. The van der Waals surface area contributed by atoms with Crippen molar-refractivity contribution >= 4 is 35.0 Å². The van der Waals surface area contributed by atoms with Crippen LogP contribution in [0.1, 0.15) is 87.7 Å². The third-order valence-electron chi connectivity index (χ3n) is 12.1. The monoisotopic (exact) mass is 688 g/mol. The van der Waals surface area contributed by atoms with Crippen LogP contribution in [0.15, 0.2) is 41.6 Å². The Morgan fingerprint density at radius 2 is 1.77 bits per heavy atom. The van der Waals surface area contributed by atoms with E-state index in [-0.39, 0.29) is 16.1 Å². The molecule has 1 atom stereocenters. The summed E-state index contributed by atoms with van der Waals surface area (Å²) in [6.45, 7) is 12.4. The van der Waals surface area contributed by atoms with Crippen molar-refractivity contribution in [2.24, 2.45) is 22.7 Å². The zero-order valence-electron chi connectivity index (χ0n) is 28.9. The van der Waals surface area contributed by atoms with Gasteiger partial charge in [-0.25, -0.2) is 19.4 Å². The molecule has 3 saturated carbocycles.